The molecule has 0 aliphatic heterocycles. The Bertz CT molecular complexity index is 1110. The van der Waals surface area contributed by atoms with Crippen molar-refractivity contribution in [3.63, 3.8) is 0 Å². The summed E-state index contributed by atoms with van der Waals surface area (Å²) in [5.74, 6) is -2.56. The molecule has 0 aliphatic carbocycles. The van der Waals surface area contributed by atoms with E-state index >= 15 is 0 Å². The molecule has 3 aromatic rings. The first kappa shape index (κ1) is 21.0. The van der Waals surface area contributed by atoms with Gasteiger partial charge in [0.05, 0.1) is 10.4 Å². The number of hydrogen-bond acceptors (Lipinski definition) is 8. The van der Waals surface area contributed by atoms with Gasteiger partial charge < -0.3 is 31.6 Å². The molecule has 0 saturated heterocycles. The van der Waals surface area contributed by atoms with Crippen molar-refractivity contribution in [2.45, 2.75) is 31.8 Å². The number of aryl methyl sites for hydroxylation is 2. The van der Waals surface area contributed by atoms with Crippen molar-refractivity contribution in [3.8, 4) is 0 Å². The zero-order valence-corrected chi connectivity index (χ0v) is 16.6. The lowest BCUT2D eigenvalue weighted by molar-refractivity contribution is -0.140. The molecular formula is C18H20N6O5S. The second-order valence-corrected chi connectivity index (χ2v) is 7.69. The molecule has 30 heavy (non-hydrogen) atoms. The van der Waals surface area contributed by atoms with Crippen molar-refractivity contribution in [1.29, 1.82) is 0 Å². The van der Waals surface area contributed by atoms with Crippen molar-refractivity contribution in [1.82, 2.24) is 19.9 Å². The van der Waals surface area contributed by atoms with E-state index in [9.17, 15) is 14.4 Å². The Morgan fingerprint density at radius 3 is 2.63 bits per heavy atom. The lowest BCUT2D eigenvalue weighted by Crippen LogP contribution is -2.40. The van der Waals surface area contributed by atoms with Crippen LogP contribution in [0.5, 0.6) is 0 Å². The Hall–Kier alpha value is -3.67. The molecule has 3 rings (SSSR count). The Morgan fingerprint density at radius 2 is 1.93 bits per heavy atom. The van der Waals surface area contributed by atoms with Crippen LogP contribution in [0.1, 0.15) is 27.4 Å². The topological polar surface area (TPSA) is 186 Å². The maximum Gasteiger partial charge on any atom is 0.326 e. The number of nitrogen functional groups attached to an aromatic ring is 2. The number of thiophene rings is 1. The number of aromatic nitrogens is 3. The summed E-state index contributed by atoms with van der Waals surface area (Å²) in [6.07, 6.45) is 1.89. The molecular weight excluding hydrogens is 412 g/mol. The second kappa shape index (κ2) is 8.78. The third kappa shape index (κ3) is 4.84. The molecule has 3 heterocycles. The van der Waals surface area contributed by atoms with Crippen LogP contribution in [0.4, 0.5) is 11.8 Å². The summed E-state index contributed by atoms with van der Waals surface area (Å²) in [6, 6.07) is 3.93. The fraction of sp³-hybridized carbons (Fsp3) is 0.278. The molecule has 0 spiro atoms. The van der Waals surface area contributed by atoms with Gasteiger partial charge in [0.15, 0.2) is 5.82 Å². The highest BCUT2D eigenvalue weighted by molar-refractivity contribution is 7.14. The predicted octanol–water partition coefficient (Wildman–Crippen LogP) is 0.948. The van der Waals surface area contributed by atoms with E-state index in [0.717, 1.165) is 4.88 Å². The Morgan fingerprint density at radius 1 is 1.17 bits per heavy atom. The SMILES string of the molecule is Nc1nc(N)c2c(ccn2CCc2ccc(C(=O)N[C@H](CCC(=O)O)C(=O)O)s2)n1. The van der Waals surface area contributed by atoms with Gasteiger partial charge in [0.1, 0.15) is 11.6 Å². The molecule has 0 bridgehead atoms. The molecule has 3 aromatic heterocycles. The number of fused-ring (bicyclic) bond motifs is 1. The monoisotopic (exact) mass is 432 g/mol. The van der Waals surface area contributed by atoms with Crippen LogP contribution >= 0.6 is 11.3 Å². The van der Waals surface area contributed by atoms with Crippen LogP contribution in [0.25, 0.3) is 11.0 Å². The summed E-state index contributed by atoms with van der Waals surface area (Å²) in [5.41, 5.74) is 12.9. The second-order valence-electron chi connectivity index (χ2n) is 6.52. The van der Waals surface area contributed by atoms with Crippen molar-refractivity contribution in [3.05, 3.63) is 34.2 Å². The van der Waals surface area contributed by atoms with E-state index in [1.165, 1.54) is 11.3 Å². The van der Waals surface area contributed by atoms with E-state index in [2.05, 4.69) is 15.3 Å². The van der Waals surface area contributed by atoms with Crippen LogP contribution in [0.15, 0.2) is 24.4 Å². The lowest BCUT2D eigenvalue weighted by atomic mass is 10.1. The highest BCUT2D eigenvalue weighted by atomic mass is 32.1. The molecule has 11 nitrogen and oxygen atoms in total. The fourth-order valence-electron chi connectivity index (χ4n) is 2.96. The summed E-state index contributed by atoms with van der Waals surface area (Å²) in [7, 11) is 0. The molecule has 12 heteroatoms. The van der Waals surface area contributed by atoms with Gasteiger partial charge >= 0.3 is 11.9 Å². The van der Waals surface area contributed by atoms with Crippen LogP contribution in [-0.2, 0) is 22.6 Å². The average Bonchev–Trinajstić information content (AvgIpc) is 3.29. The quantitative estimate of drug-likeness (QED) is 0.328. The maximum atomic E-state index is 12.3. The van der Waals surface area contributed by atoms with E-state index in [-0.39, 0.29) is 24.6 Å². The van der Waals surface area contributed by atoms with Gasteiger partial charge in [-0.25, -0.2) is 9.78 Å². The van der Waals surface area contributed by atoms with Gasteiger partial charge in [0.2, 0.25) is 5.95 Å². The number of rotatable bonds is 9. The number of carboxylic acids is 2. The summed E-state index contributed by atoms with van der Waals surface area (Å²) in [6.45, 7) is 0.568. The van der Waals surface area contributed by atoms with Gasteiger partial charge in [-0.15, -0.1) is 11.3 Å². The van der Waals surface area contributed by atoms with Crippen LogP contribution in [0.2, 0.25) is 0 Å². The van der Waals surface area contributed by atoms with Gasteiger partial charge in [-0.05, 0) is 31.0 Å². The van der Waals surface area contributed by atoms with Crippen molar-refractivity contribution in [2.24, 2.45) is 0 Å². The molecule has 0 unspecified atom stereocenters. The predicted molar refractivity (Wildman–Crippen MR) is 110 cm³/mol. The lowest BCUT2D eigenvalue weighted by Gasteiger charge is -2.12. The van der Waals surface area contributed by atoms with E-state index in [1.807, 2.05) is 10.8 Å². The van der Waals surface area contributed by atoms with E-state index in [4.69, 9.17) is 21.7 Å². The normalized spacial score (nSPS) is 12.0. The Kier molecular flexibility index (Phi) is 6.16. The molecule has 0 aliphatic rings. The molecule has 7 N–H and O–H groups in total. The average molecular weight is 432 g/mol. The third-order valence-corrected chi connectivity index (χ3v) is 5.53. The number of carboxylic acid groups (broad SMARTS) is 2. The molecule has 1 atom stereocenters. The van der Waals surface area contributed by atoms with Gasteiger partial charge in [-0.3, -0.25) is 9.59 Å². The van der Waals surface area contributed by atoms with E-state index < -0.39 is 23.9 Å². The zero-order valence-electron chi connectivity index (χ0n) is 15.7. The number of aliphatic carboxylic acids is 2. The van der Waals surface area contributed by atoms with Gasteiger partial charge in [-0.1, -0.05) is 0 Å². The third-order valence-electron chi connectivity index (χ3n) is 4.39. The number of nitrogens with zero attached hydrogens (tertiary/aromatic N) is 3. The molecule has 158 valence electrons. The highest BCUT2D eigenvalue weighted by Gasteiger charge is 2.22. The van der Waals surface area contributed by atoms with Gasteiger partial charge in [-0.2, -0.15) is 4.98 Å². The van der Waals surface area contributed by atoms with Crippen LogP contribution < -0.4 is 16.8 Å². The minimum absolute atomic E-state index is 0.106. The summed E-state index contributed by atoms with van der Waals surface area (Å²) < 4.78 is 1.90. The molecule has 0 radical (unpaired) electrons. The van der Waals surface area contributed by atoms with E-state index in [1.54, 1.807) is 18.2 Å². The standard InChI is InChI=1S/C18H20N6O5S/c19-15-14-10(22-18(20)23-15)6-8-24(14)7-5-9-1-3-12(30-9)16(27)21-11(17(28)29)2-4-13(25)26/h1,3,6,8,11H,2,4-5,7H2,(H,21,27)(H,25,26)(H,28,29)(H4,19,20,22,23)/t11-/m1/s1. The van der Waals surface area contributed by atoms with Crippen LogP contribution in [0.3, 0.4) is 0 Å². The summed E-state index contributed by atoms with van der Waals surface area (Å²) in [5, 5.41) is 20.2. The number of carbonyl (C=O) groups is 3. The van der Waals surface area contributed by atoms with Crippen LogP contribution in [0, 0.1) is 0 Å². The first-order chi connectivity index (χ1) is 14.2. The zero-order chi connectivity index (χ0) is 21.8. The van der Waals surface area contributed by atoms with Crippen LogP contribution in [-0.4, -0.2) is 48.6 Å². The number of hydrogen-bond donors (Lipinski definition) is 5. The molecule has 0 fully saturated rings. The molecule has 1 amide bonds. The number of nitrogens with one attached hydrogen (secondary N) is 1. The number of carbonyl (C=O) groups excluding carboxylic acids is 1. The van der Waals surface area contributed by atoms with Gasteiger partial charge in [0.25, 0.3) is 5.91 Å². The van der Waals surface area contributed by atoms with Crippen molar-refractivity contribution >= 4 is 52.0 Å². The Balaban J connectivity index is 1.64. The first-order valence-electron chi connectivity index (χ1n) is 8.96. The minimum atomic E-state index is -1.28. The Labute approximate surface area is 174 Å². The largest absolute Gasteiger partial charge is 0.481 e. The summed E-state index contributed by atoms with van der Waals surface area (Å²) >= 11 is 1.24. The van der Waals surface area contributed by atoms with E-state index in [0.29, 0.717) is 28.9 Å². The number of nitrogens with two attached hydrogens (primary N) is 2. The smallest absolute Gasteiger partial charge is 0.326 e. The van der Waals surface area contributed by atoms with Crippen molar-refractivity contribution in [2.75, 3.05) is 11.5 Å². The van der Waals surface area contributed by atoms with Gasteiger partial charge in [0, 0.05) is 24.0 Å². The fourth-order valence-corrected chi connectivity index (χ4v) is 3.86. The number of anilines is 2. The maximum absolute atomic E-state index is 12.3. The molecule has 0 aromatic carbocycles. The minimum Gasteiger partial charge on any atom is -0.481 e. The van der Waals surface area contributed by atoms with Crippen molar-refractivity contribution < 1.29 is 24.6 Å². The number of amides is 1. The molecule has 0 saturated carbocycles. The summed E-state index contributed by atoms with van der Waals surface area (Å²) in [4.78, 5) is 43.6. The highest BCUT2D eigenvalue weighted by Crippen LogP contribution is 2.22. The first-order valence-corrected chi connectivity index (χ1v) is 9.78.